The van der Waals surface area contributed by atoms with Gasteiger partial charge >= 0.3 is 0 Å². The second kappa shape index (κ2) is 6.84. The number of benzene rings is 1. The zero-order chi connectivity index (χ0) is 17.1. The molecule has 0 saturated carbocycles. The van der Waals surface area contributed by atoms with Gasteiger partial charge in [0.2, 0.25) is 0 Å². The summed E-state index contributed by atoms with van der Waals surface area (Å²) >= 11 is 6.01. The van der Waals surface area contributed by atoms with E-state index < -0.39 is 0 Å². The summed E-state index contributed by atoms with van der Waals surface area (Å²) in [5.41, 5.74) is 1.61. The van der Waals surface area contributed by atoms with Gasteiger partial charge in [0, 0.05) is 12.7 Å². The molecule has 0 unspecified atom stereocenters. The van der Waals surface area contributed by atoms with E-state index in [0.29, 0.717) is 29.5 Å². The lowest BCUT2D eigenvalue weighted by molar-refractivity contribution is 0.101. The minimum atomic E-state index is -0.357. The molecule has 3 rings (SSSR count). The van der Waals surface area contributed by atoms with E-state index in [1.165, 1.54) is 29.2 Å². The highest BCUT2D eigenvalue weighted by Gasteiger charge is 2.17. The monoisotopic (exact) mass is 347 g/mol. The van der Waals surface area contributed by atoms with E-state index >= 15 is 0 Å². The fourth-order valence-corrected chi connectivity index (χ4v) is 2.58. The Morgan fingerprint density at radius 1 is 1.33 bits per heavy atom. The number of carbonyl (C=O) groups is 1. The van der Waals surface area contributed by atoms with Crippen molar-refractivity contribution in [2.24, 2.45) is 0 Å². The Labute approximate surface area is 142 Å². The van der Waals surface area contributed by atoms with Gasteiger partial charge in [-0.3, -0.25) is 14.2 Å². The molecule has 0 aliphatic heterocycles. The SMILES string of the molecule is CCn1ncc(Cl)c1C(=O)Nc1cnn(Cc2cccc(F)c2)c1. The van der Waals surface area contributed by atoms with Crippen LogP contribution in [0.15, 0.2) is 42.9 Å². The van der Waals surface area contributed by atoms with E-state index in [1.54, 1.807) is 16.9 Å². The van der Waals surface area contributed by atoms with Crippen LogP contribution in [-0.2, 0) is 13.1 Å². The zero-order valence-corrected chi connectivity index (χ0v) is 13.7. The molecular weight excluding hydrogens is 333 g/mol. The van der Waals surface area contributed by atoms with E-state index in [-0.39, 0.29) is 11.7 Å². The highest BCUT2D eigenvalue weighted by molar-refractivity contribution is 6.34. The minimum absolute atomic E-state index is 0.293. The Morgan fingerprint density at radius 3 is 2.92 bits per heavy atom. The maximum atomic E-state index is 13.2. The van der Waals surface area contributed by atoms with Crippen molar-refractivity contribution in [3.63, 3.8) is 0 Å². The first-order chi connectivity index (χ1) is 11.6. The third kappa shape index (κ3) is 3.46. The number of hydrogen-bond donors (Lipinski definition) is 1. The Kier molecular flexibility index (Phi) is 4.61. The zero-order valence-electron chi connectivity index (χ0n) is 12.9. The maximum Gasteiger partial charge on any atom is 0.275 e. The molecule has 1 N–H and O–H groups in total. The van der Waals surface area contributed by atoms with Gasteiger partial charge in [-0.05, 0) is 24.6 Å². The average molecular weight is 348 g/mol. The lowest BCUT2D eigenvalue weighted by Gasteiger charge is -2.05. The number of halogens is 2. The van der Waals surface area contributed by atoms with Crippen molar-refractivity contribution in [3.05, 3.63) is 65.0 Å². The van der Waals surface area contributed by atoms with E-state index in [9.17, 15) is 9.18 Å². The van der Waals surface area contributed by atoms with Crippen LogP contribution in [0, 0.1) is 5.82 Å². The van der Waals surface area contributed by atoms with Crippen molar-refractivity contribution in [2.45, 2.75) is 20.0 Å². The summed E-state index contributed by atoms with van der Waals surface area (Å²) in [5, 5.41) is 11.2. The number of nitrogens with one attached hydrogen (secondary N) is 1. The summed E-state index contributed by atoms with van der Waals surface area (Å²) in [4.78, 5) is 12.3. The van der Waals surface area contributed by atoms with Crippen molar-refractivity contribution >= 4 is 23.2 Å². The summed E-state index contributed by atoms with van der Waals surface area (Å²) in [6.45, 7) is 2.81. The van der Waals surface area contributed by atoms with Crippen LogP contribution in [0.3, 0.4) is 0 Å². The predicted octanol–water partition coefficient (Wildman–Crippen LogP) is 3.19. The molecule has 2 aromatic heterocycles. The van der Waals surface area contributed by atoms with Gasteiger partial charge < -0.3 is 5.32 Å². The van der Waals surface area contributed by atoms with Gasteiger partial charge in [-0.15, -0.1) is 0 Å². The average Bonchev–Trinajstić information content (AvgIpc) is 3.13. The van der Waals surface area contributed by atoms with Crippen LogP contribution < -0.4 is 5.32 Å². The second-order valence-electron chi connectivity index (χ2n) is 5.17. The van der Waals surface area contributed by atoms with E-state index in [0.717, 1.165) is 5.56 Å². The molecule has 0 saturated heterocycles. The van der Waals surface area contributed by atoms with Crippen LogP contribution in [0.25, 0.3) is 0 Å². The predicted molar refractivity (Wildman–Crippen MR) is 88.6 cm³/mol. The fourth-order valence-electron chi connectivity index (χ4n) is 2.36. The number of rotatable bonds is 5. The van der Waals surface area contributed by atoms with Crippen LogP contribution in [0.2, 0.25) is 5.02 Å². The maximum absolute atomic E-state index is 13.2. The first-order valence-corrected chi connectivity index (χ1v) is 7.74. The van der Waals surface area contributed by atoms with Gasteiger partial charge in [0.15, 0.2) is 0 Å². The molecular formula is C16H15ClFN5O. The van der Waals surface area contributed by atoms with E-state index in [4.69, 9.17) is 11.6 Å². The highest BCUT2D eigenvalue weighted by atomic mass is 35.5. The Bertz CT molecular complexity index is 873. The lowest BCUT2D eigenvalue weighted by Crippen LogP contribution is -2.17. The Balaban J connectivity index is 1.72. The first-order valence-electron chi connectivity index (χ1n) is 7.36. The van der Waals surface area contributed by atoms with E-state index in [2.05, 4.69) is 15.5 Å². The quantitative estimate of drug-likeness (QED) is 0.770. The Morgan fingerprint density at radius 2 is 2.17 bits per heavy atom. The molecule has 24 heavy (non-hydrogen) atoms. The molecule has 1 amide bonds. The number of aromatic nitrogens is 4. The van der Waals surface area contributed by atoms with Gasteiger partial charge in [-0.1, -0.05) is 23.7 Å². The fraction of sp³-hybridized carbons (Fsp3) is 0.188. The van der Waals surface area contributed by atoms with Gasteiger partial charge in [-0.2, -0.15) is 10.2 Å². The molecule has 0 radical (unpaired) electrons. The largest absolute Gasteiger partial charge is 0.318 e. The summed E-state index contributed by atoms with van der Waals surface area (Å²) < 4.78 is 16.3. The van der Waals surface area contributed by atoms with Gasteiger partial charge in [0.25, 0.3) is 5.91 Å². The topological polar surface area (TPSA) is 64.7 Å². The molecule has 0 spiro atoms. The number of carbonyl (C=O) groups excluding carboxylic acids is 1. The third-order valence-electron chi connectivity index (χ3n) is 3.43. The van der Waals surface area contributed by atoms with Crippen LogP contribution >= 0.6 is 11.6 Å². The van der Waals surface area contributed by atoms with E-state index in [1.807, 2.05) is 13.0 Å². The molecule has 0 bridgehead atoms. The summed E-state index contributed by atoms with van der Waals surface area (Å²) in [6, 6.07) is 6.28. The Hall–Kier alpha value is -2.67. The standard InChI is InChI=1S/C16H15ClFN5O/c1-2-23-15(14(17)8-20-23)16(24)21-13-7-19-22(10-13)9-11-4-3-5-12(18)6-11/h3-8,10H,2,9H2,1H3,(H,21,24). The van der Waals surface area contributed by atoms with Crippen molar-refractivity contribution in [1.82, 2.24) is 19.6 Å². The third-order valence-corrected chi connectivity index (χ3v) is 3.71. The number of amides is 1. The smallest absolute Gasteiger partial charge is 0.275 e. The number of anilines is 1. The molecule has 8 heteroatoms. The summed E-state index contributed by atoms with van der Waals surface area (Å²) in [7, 11) is 0. The van der Waals surface area contributed by atoms with Crippen LogP contribution in [0.4, 0.5) is 10.1 Å². The molecule has 0 fully saturated rings. The van der Waals surface area contributed by atoms with Crippen molar-refractivity contribution in [1.29, 1.82) is 0 Å². The van der Waals surface area contributed by atoms with Crippen LogP contribution in [-0.4, -0.2) is 25.5 Å². The van der Waals surface area contributed by atoms with Crippen molar-refractivity contribution in [2.75, 3.05) is 5.32 Å². The molecule has 2 heterocycles. The van der Waals surface area contributed by atoms with Crippen LogP contribution in [0.1, 0.15) is 23.0 Å². The van der Waals surface area contributed by atoms with Crippen LogP contribution in [0.5, 0.6) is 0 Å². The molecule has 0 atom stereocenters. The molecule has 0 aliphatic rings. The van der Waals surface area contributed by atoms with Gasteiger partial charge in [0.1, 0.15) is 11.5 Å². The molecule has 124 valence electrons. The number of hydrogen-bond acceptors (Lipinski definition) is 3. The molecule has 3 aromatic rings. The first kappa shape index (κ1) is 16.2. The normalized spacial score (nSPS) is 10.8. The molecule has 0 aliphatic carbocycles. The highest BCUT2D eigenvalue weighted by Crippen LogP contribution is 2.17. The molecule has 1 aromatic carbocycles. The van der Waals surface area contributed by atoms with Crippen molar-refractivity contribution < 1.29 is 9.18 Å². The summed E-state index contributed by atoms with van der Waals surface area (Å²) in [5.74, 6) is -0.652. The number of nitrogens with zero attached hydrogens (tertiary/aromatic N) is 4. The summed E-state index contributed by atoms with van der Waals surface area (Å²) in [6.07, 6.45) is 4.63. The van der Waals surface area contributed by atoms with Gasteiger partial charge in [0.05, 0.1) is 29.6 Å². The van der Waals surface area contributed by atoms with Gasteiger partial charge in [-0.25, -0.2) is 4.39 Å². The van der Waals surface area contributed by atoms with Crippen molar-refractivity contribution in [3.8, 4) is 0 Å². The lowest BCUT2D eigenvalue weighted by atomic mass is 10.2. The molecule has 6 nitrogen and oxygen atoms in total. The number of aryl methyl sites for hydroxylation is 1. The minimum Gasteiger partial charge on any atom is -0.318 e. The second-order valence-corrected chi connectivity index (χ2v) is 5.57.